The predicted molar refractivity (Wildman–Crippen MR) is 102 cm³/mol. The minimum Gasteiger partial charge on any atom is -0.457 e. The maximum Gasteiger partial charge on any atom is 0.348 e. The van der Waals surface area contributed by atoms with Crippen LogP contribution in [-0.4, -0.2) is 17.7 Å². The molecule has 0 saturated carbocycles. The third kappa shape index (κ3) is 4.65. The van der Waals surface area contributed by atoms with E-state index in [1.54, 1.807) is 0 Å². The largest absolute Gasteiger partial charge is 0.457 e. The molecule has 0 amide bonds. The van der Waals surface area contributed by atoms with Gasteiger partial charge in [0.1, 0.15) is 17.3 Å². The van der Waals surface area contributed by atoms with Crippen molar-refractivity contribution < 1.29 is 19.2 Å². The number of thiophene rings is 1. The van der Waals surface area contributed by atoms with Crippen molar-refractivity contribution in [3.05, 3.63) is 70.6 Å². The van der Waals surface area contributed by atoms with Gasteiger partial charge in [0.05, 0.1) is 0 Å². The quantitative estimate of drug-likeness (QED) is 0.473. The summed E-state index contributed by atoms with van der Waals surface area (Å²) in [5.74, 6) is -0.971. The molecule has 1 heterocycles. The summed E-state index contributed by atoms with van der Waals surface area (Å²) in [6, 6.07) is 17.1. The van der Waals surface area contributed by atoms with Crippen LogP contribution < -0.4 is 0 Å². The first kappa shape index (κ1) is 18.0. The topological polar surface area (TPSA) is 55.8 Å². The van der Waals surface area contributed by atoms with Gasteiger partial charge in [0, 0.05) is 20.1 Å². The molecule has 0 aliphatic rings. The molecular formula is C19H19O4PS. The minimum absolute atomic E-state index is 0.00795. The van der Waals surface area contributed by atoms with Crippen molar-refractivity contribution in [2.24, 2.45) is 0 Å². The molecule has 2 atom stereocenters. The monoisotopic (exact) mass is 374 g/mol. The van der Waals surface area contributed by atoms with Crippen LogP contribution in [0.15, 0.2) is 54.6 Å². The van der Waals surface area contributed by atoms with Crippen LogP contribution in [0.1, 0.15) is 33.6 Å². The van der Waals surface area contributed by atoms with E-state index in [4.69, 9.17) is 9.26 Å². The molecule has 25 heavy (non-hydrogen) atoms. The second-order valence-electron chi connectivity index (χ2n) is 5.42. The number of esters is 1. The molecule has 0 fully saturated rings. The Labute approximate surface area is 152 Å². The molecule has 3 aromatic rings. The number of hydrogen-bond acceptors (Lipinski definition) is 5. The number of fused-ring (bicyclic) bond motifs is 1. The normalized spacial score (nSPS) is 12.7. The third-order valence-electron chi connectivity index (χ3n) is 3.61. The fraction of sp³-hybridized carbons (Fsp3) is 0.211. The van der Waals surface area contributed by atoms with E-state index in [2.05, 4.69) is 0 Å². The highest BCUT2D eigenvalue weighted by Gasteiger charge is 2.14. The summed E-state index contributed by atoms with van der Waals surface area (Å²) < 4.78 is 11.7. The lowest BCUT2D eigenvalue weighted by Crippen LogP contribution is -2.02. The molecule has 0 aliphatic carbocycles. The summed E-state index contributed by atoms with van der Waals surface area (Å²) in [7, 11) is 0.00795. The Hall–Kier alpha value is -1.78. The zero-order valence-electron chi connectivity index (χ0n) is 13.8. The van der Waals surface area contributed by atoms with Gasteiger partial charge < -0.3 is 14.4 Å². The van der Waals surface area contributed by atoms with Gasteiger partial charge in [-0.3, -0.25) is 0 Å². The Morgan fingerprint density at radius 3 is 2.76 bits per heavy atom. The summed E-state index contributed by atoms with van der Waals surface area (Å²) in [5.41, 5.74) is 1.75. The number of carbonyl (C=O) groups is 1. The molecule has 0 spiro atoms. The number of aliphatic hydroxyl groups is 1. The molecule has 0 bridgehead atoms. The Morgan fingerprint density at radius 1 is 1.20 bits per heavy atom. The fourth-order valence-electron chi connectivity index (χ4n) is 2.36. The summed E-state index contributed by atoms with van der Waals surface area (Å²) in [6.45, 7) is 2.73. The van der Waals surface area contributed by atoms with E-state index in [1.165, 1.54) is 11.3 Å². The Morgan fingerprint density at radius 2 is 2.00 bits per heavy atom. The molecule has 2 aromatic carbocycles. The zero-order valence-corrected chi connectivity index (χ0v) is 15.6. The average molecular weight is 374 g/mol. The molecule has 2 unspecified atom stereocenters. The molecule has 0 aliphatic heterocycles. The van der Waals surface area contributed by atoms with Gasteiger partial charge in [0.15, 0.2) is 0 Å². The van der Waals surface area contributed by atoms with Crippen LogP contribution in [0.25, 0.3) is 10.1 Å². The molecular weight excluding hydrogens is 355 g/mol. The first-order chi connectivity index (χ1) is 12.2. The number of carbonyl (C=O) groups excluding carboxylic acids is 1. The van der Waals surface area contributed by atoms with Crippen LogP contribution in [0.3, 0.4) is 0 Å². The number of rotatable bonds is 7. The zero-order chi connectivity index (χ0) is 17.6. The summed E-state index contributed by atoms with van der Waals surface area (Å²) in [5, 5.41) is 11.1. The summed E-state index contributed by atoms with van der Waals surface area (Å²) >= 11 is 1.39. The second-order valence-corrected chi connectivity index (χ2v) is 7.58. The summed E-state index contributed by atoms with van der Waals surface area (Å²) in [6.07, 6.45) is 0. The van der Waals surface area contributed by atoms with E-state index in [0.29, 0.717) is 11.5 Å². The van der Waals surface area contributed by atoms with Crippen molar-refractivity contribution >= 4 is 36.2 Å². The summed E-state index contributed by atoms with van der Waals surface area (Å²) in [4.78, 5) is 12.8. The van der Waals surface area contributed by atoms with E-state index >= 15 is 0 Å². The number of ether oxygens (including phenoxy) is 1. The molecule has 0 radical (unpaired) electrons. The number of hydrogen-bond donors (Lipinski definition) is 1. The van der Waals surface area contributed by atoms with Gasteiger partial charge in [-0.25, -0.2) is 4.79 Å². The van der Waals surface area contributed by atoms with E-state index in [0.717, 1.165) is 21.2 Å². The number of aliphatic hydroxyl groups excluding tert-OH is 1. The van der Waals surface area contributed by atoms with Crippen molar-refractivity contribution in [1.82, 2.24) is 0 Å². The van der Waals surface area contributed by atoms with Gasteiger partial charge in [0.2, 0.25) is 0 Å². The first-order valence-electron chi connectivity index (χ1n) is 7.97. The van der Waals surface area contributed by atoms with Gasteiger partial charge in [-0.2, -0.15) is 0 Å². The van der Waals surface area contributed by atoms with Crippen molar-refractivity contribution in [2.45, 2.75) is 19.4 Å². The lowest BCUT2D eigenvalue weighted by molar-refractivity contribution is 0.0478. The van der Waals surface area contributed by atoms with E-state index in [-0.39, 0.29) is 21.4 Å². The van der Waals surface area contributed by atoms with Crippen molar-refractivity contribution in [2.75, 3.05) is 6.61 Å². The van der Waals surface area contributed by atoms with Crippen LogP contribution in [0, 0.1) is 0 Å². The minimum atomic E-state index is -0.641. The highest BCUT2D eigenvalue weighted by molar-refractivity contribution is 7.32. The van der Waals surface area contributed by atoms with Crippen LogP contribution in [0.2, 0.25) is 0 Å². The highest BCUT2D eigenvalue weighted by Crippen LogP contribution is 2.35. The Kier molecular flexibility index (Phi) is 6.16. The highest BCUT2D eigenvalue weighted by atomic mass is 32.1. The van der Waals surface area contributed by atoms with E-state index in [1.807, 2.05) is 61.5 Å². The lowest BCUT2D eigenvalue weighted by Gasteiger charge is -2.10. The molecule has 0 saturated heterocycles. The molecule has 6 heteroatoms. The maximum absolute atomic E-state index is 12.3. The van der Waals surface area contributed by atoms with Gasteiger partial charge in [-0.05, 0) is 41.6 Å². The van der Waals surface area contributed by atoms with E-state index < -0.39 is 5.85 Å². The van der Waals surface area contributed by atoms with Gasteiger partial charge in [-0.15, -0.1) is 11.3 Å². The molecule has 130 valence electrons. The van der Waals surface area contributed by atoms with Crippen molar-refractivity contribution in [1.29, 1.82) is 0 Å². The first-order valence-corrected chi connectivity index (χ1v) is 9.77. The average Bonchev–Trinajstić information content (AvgIpc) is 3.08. The SMILES string of the molecule is CCOPC(O)c1ccc2sc(C(=O)OCc3ccccc3)cc2c1. The van der Waals surface area contributed by atoms with E-state index in [9.17, 15) is 9.90 Å². The Bertz CT molecular complexity index is 847. The van der Waals surface area contributed by atoms with Gasteiger partial charge in [0.25, 0.3) is 0 Å². The van der Waals surface area contributed by atoms with Crippen LogP contribution in [-0.2, 0) is 15.9 Å². The smallest absolute Gasteiger partial charge is 0.348 e. The molecule has 1 aromatic heterocycles. The van der Waals surface area contributed by atoms with Crippen LogP contribution >= 0.6 is 20.1 Å². The van der Waals surface area contributed by atoms with Crippen LogP contribution in [0.5, 0.6) is 0 Å². The lowest BCUT2D eigenvalue weighted by atomic mass is 10.2. The molecule has 1 N–H and O–H groups in total. The maximum atomic E-state index is 12.3. The second kappa shape index (κ2) is 8.54. The van der Waals surface area contributed by atoms with Gasteiger partial charge in [-0.1, -0.05) is 36.4 Å². The standard InChI is InChI=1S/C19H19O4PS/c1-2-23-24-19(21)14-8-9-16-15(10-14)11-17(25-16)18(20)22-12-13-6-4-3-5-7-13/h3-11,19,21,24H,2,12H2,1H3. The number of benzene rings is 2. The predicted octanol–water partition coefficient (Wildman–Crippen LogP) is 4.88. The Balaban J connectivity index is 1.71. The van der Waals surface area contributed by atoms with Crippen LogP contribution in [0.4, 0.5) is 0 Å². The van der Waals surface area contributed by atoms with Crippen molar-refractivity contribution in [3.8, 4) is 0 Å². The van der Waals surface area contributed by atoms with Gasteiger partial charge >= 0.3 is 5.97 Å². The third-order valence-corrected chi connectivity index (χ3v) is 5.72. The fourth-order valence-corrected chi connectivity index (χ4v) is 3.93. The molecule has 4 nitrogen and oxygen atoms in total. The van der Waals surface area contributed by atoms with Crippen molar-refractivity contribution in [3.63, 3.8) is 0 Å². The molecule has 3 rings (SSSR count).